The van der Waals surface area contributed by atoms with Crippen LogP contribution in [0, 0.1) is 12.8 Å². The van der Waals surface area contributed by atoms with Crippen LogP contribution in [-0.4, -0.2) is 41.8 Å². The summed E-state index contributed by atoms with van der Waals surface area (Å²) < 4.78 is 5.74. The van der Waals surface area contributed by atoms with Crippen LogP contribution in [-0.2, 0) is 0 Å². The van der Waals surface area contributed by atoms with Gasteiger partial charge in [0.05, 0.1) is 6.10 Å². The summed E-state index contributed by atoms with van der Waals surface area (Å²) >= 11 is 0. The van der Waals surface area contributed by atoms with Crippen LogP contribution in [0.2, 0.25) is 0 Å². The van der Waals surface area contributed by atoms with Gasteiger partial charge in [-0.1, -0.05) is 18.2 Å². The van der Waals surface area contributed by atoms with Gasteiger partial charge in [0.2, 0.25) is 0 Å². The molecule has 0 aromatic heterocycles. The summed E-state index contributed by atoms with van der Waals surface area (Å²) in [6, 6.07) is 8.50. The maximum absolute atomic E-state index is 10.2. The van der Waals surface area contributed by atoms with E-state index in [2.05, 4.69) is 18.7 Å². The molecular formula is C16H25NO2. The number of rotatable bonds is 5. The van der Waals surface area contributed by atoms with Crippen molar-refractivity contribution in [3.05, 3.63) is 29.8 Å². The van der Waals surface area contributed by atoms with E-state index in [0.29, 0.717) is 18.6 Å². The highest BCUT2D eigenvalue weighted by molar-refractivity contribution is 5.31. The molecule has 1 fully saturated rings. The second-order valence-electron chi connectivity index (χ2n) is 5.78. The standard InChI is InChI=1S/C16H25NO2/c1-12(2)17-9-8-14(10-17)15(18)11-19-16-7-5-4-6-13(16)3/h4-7,12,14-15,18H,8-11H2,1-3H3. The van der Waals surface area contributed by atoms with E-state index in [0.717, 1.165) is 30.8 Å². The number of aliphatic hydroxyl groups is 1. The van der Waals surface area contributed by atoms with Crippen molar-refractivity contribution in [3.63, 3.8) is 0 Å². The van der Waals surface area contributed by atoms with E-state index in [9.17, 15) is 5.11 Å². The number of aliphatic hydroxyl groups excluding tert-OH is 1. The monoisotopic (exact) mass is 263 g/mol. The SMILES string of the molecule is Cc1ccccc1OCC(O)C1CCN(C(C)C)C1. The van der Waals surface area contributed by atoms with Crippen molar-refractivity contribution in [2.24, 2.45) is 5.92 Å². The molecule has 1 aliphatic heterocycles. The molecule has 2 rings (SSSR count). The molecule has 106 valence electrons. The third kappa shape index (κ3) is 3.71. The molecule has 0 spiro atoms. The number of ether oxygens (including phenoxy) is 1. The van der Waals surface area contributed by atoms with Crippen LogP contribution in [0.4, 0.5) is 0 Å². The molecule has 0 amide bonds. The van der Waals surface area contributed by atoms with E-state index >= 15 is 0 Å². The molecule has 1 N–H and O–H groups in total. The fourth-order valence-corrected chi connectivity index (χ4v) is 2.63. The lowest BCUT2D eigenvalue weighted by atomic mass is 10.0. The van der Waals surface area contributed by atoms with Gasteiger partial charge in [-0.15, -0.1) is 0 Å². The quantitative estimate of drug-likeness (QED) is 0.886. The number of likely N-dealkylation sites (tertiary alicyclic amines) is 1. The molecule has 1 saturated heterocycles. The first kappa shape index (κ1) is 14.4. The van der Waals surface area contributed by atoms with Crippen molar-refractivity contribution >= 4 is 0 Å². The highest BCUT2D eigenvalue weighted by Crippen LogP contribution is 2.23. The van der Waals surface area contributed by atoms with Crippen LogP contribution >= 0.6 is 0 Å². The van der Waals surface area contributed by atoms with Gasteiger partial charge in [0.15, 0.2) is 0 Å². The molecule has 1 aromatic rings. The molecule has 2 atom stereocenters. The molecule has 0 radical (unpaired) electrons. The molecule has 1 aromatic carbocycles. The maximum atomic E-state index is 10.2. The third-order valence-electron chi connectivity index (χ3n) is 4.03. The molecule has 19 heavy (non-hydrogen) atoms. The van der Waals surface area contributed by atoms with Gasteiger partial charge in [-0.2, -0.15) is 0 Å². The lowest BCUT2D eigenvalue weighted by molar-refractivity contribution is 0.0581. The van der Waals surface area contributed by atoms with Crippen molar-refractivity contribution in [3.8, 4) is 5.75 Å². The van der Waals surface area contributed by atoms with E-state index in [1.807, 2.05) is 31.2 Å². The normalized spacial score (nSPS) is 21.8. The van der Waals surface area contributed by atoms with Crippen LogP contribution < -0.4 is 4.74 Å². The van der Waals surface area contributed by atoms with Gasteiger partial charge in [-0.3, -0.25) is 0 Å². The molecule has 0 saturated carbocycles. The van der Waals surface area contributed by atoms with Gasteiger partial charge in [-0.05, 0) is 45.4 Å². The summed E-state index contributed by atoms with van der Waals surface area (Å²) in [6.45, 7) is 8.90. The van der Waals surface area contributed by atoms with Gasteiger partial charge in [0.1, 0.15) is 12.4 Å². The number of nitrogens with zero attached hydrogens (tertiary/aromatic N) is 1. The molecule has 2 unspecified atom stereocenters. The van der Waals surface area contributed by atoms with E-state index < -0.39 is 0 Å². The Morgan fingerprint density at radius 3 is 2.74 bits per heavy atom. The largest absolute Gasteiger partial charge is 0.491 e. The summed E-state index contributed by atoms with van der Waals surface area (Å²) in [5, 5.41) is 10.2. The van der Waals surface area contributed by atoms with Crippen LogP contribution in [0.15, 0.2) is 24.3 Å². The first-order valence-corrected chi connectivity index (χ1v) is 7.18. The highest BCUT2D eigenvalue weighted by Gasteiger charge is 2.29. The first-order valence-electron chi connectivity index (χ1n) is 7.18. The average molecular weight is 263 g/mol. The summed E-state index contributed by atoms with van der Waals surface area (Å²) in [4.78, 5) is 2.42. The fraction of sp³-hybridized carbons (Fsp3) is 0.625. The number of para-hydroxylation sites is 1. The highest BCUT2D eigenvalue weighted by atomic mass is 16.5. The van der Waals surface area contributed by atoms with Gasteiger partial charge >= 0.3 is 0 Å². The Morgan fingerprint density at radius 2 is 2.11 bits per heavy atom. The zero-order valence-electron chi connectivity index (χ0n) is 12.2. The number of hydrogen-bond donors (Lipinski definition) is 1. The molecule has 1 heterocycles. The lowest BCUT2D eigenvalue weighted by Crippen LogP contribution is -2.33. The molecular weight excluding hydrogens is 238 g/mol. The van der Waals surface area contributed by atoms with Crippen molar-refractivity contribution in [2.45, 2.75) is 39.3 Å². The summed E-state index contributed by atoms with van der Waals surface area (Å²) in [7, 11) is 0. The van der Waals surface area contributed by atoms with Crippen molar-refractivity contribution in [1.29, 1.82) is 0 Å². The van der Waals surface area contributed by atoms with Crippen molar-refractivity contribution in [2.75, 3.05) is 19.7 Å². The average Bonchev–Trinajstić information content (AvgIpc) is 2.87. The zero-order chi connectivity index (χ0) is 13.8. The third-order valence-corrected chi connectivity index (χ3v) is 4.03. The van der Waals surface area contributed by atoms with Gasteiger partial charge in [-0.25, -0.2) is 0 Å². The maximum Gasteiger partial charge on any atom is 0.122 e. The predicted molar refractivity (Wildman–Crippen MR) is 77.5 cm³/mol. The number of hydrogen-bond acceptors (Lipinski definition) is 3. The lowest BCUT2D eigenvalue weighted by Gasteiger charge is -2.22. The minimum atomic E-state index is -0.372. The topological polar surface area (TPSA) is 32.7 Å². The summed E-state index contributed by atoms with van der Waals surface area (Å²) in [5.41, 5.74) is 1.12. The van der Waals surface area contributed by atoms with E-state index in [4.69, 9.17) is 4.74 Å². The number of aryl methyl sites for hydroxylation is 1. The van der Waals surface area contributed by atoms with E-state index in [1.165, 1.54) is 0 Å². The second-order valence-corrected chi connectivity index (χ2v) is 5.78. The molecule has 3 nitrogen and oxygen atoms in total. The van der Waals surface area contributed by atoms with Crippen molar-refractivity contribution in [1.82, 2.24) is 4.90 Å². The van der Waals surface area contributed by atoms with Crippen LogP contribution in [0.3, 0.4) is 0 Å². The van der Waals surface area contributed by atoms with Crippen LogP contribution in [0.5, 0.6) is 5.75 Å². The van der Waals surface area contributed by atoms with E-state index in [-0.39, 0.29) is 6.10 Å². The Morgan fingerprint density at radius 1 is 1.37 bits per heavy atom. The Hall–Kier alpha value is -1.06. The van der Waals surface area contributed by atoms with E-state index in [1.54, 1.807) is 0 Å². The summed E-state index contributed by atoms with van der Waals surface area (Å²) in [5.74, 6) is 1.21. The first-order chi connectivity index (χ1) is 9.08. The van der Waals surface area contributed by atoms with Crippen LogP contribution in [0.25, 0.3) is 0 Å². The summed E-state index contributed by atoms with van der Waals surface area (Å²) in [6.07, 6.45) is 0.694. The minimum absolute atomic E-state index is 0.339. The molecule has 1 aliphatic rings. The van der Waals surface area contributed by atoms with Crippen LogP contribution in [0.1, 0.15) is 25.8 Å². The smallest absolute Gasteiger partial charge is 0.122 e. The van der Waals surface area contributed by atoms with Crippen molar-refractivity contribution < 1.29 is 9.84 Å². The Kier molecular flexibility index (Phi) is 4.83. The molecule has 0 bridgehead atoms. The predicted octanol–water partition coefficient (Wildman–Crippen LogP) is 2.47. The Labute approximate surface area is 116 Å². The molecule has 3 heteroatoms. The van der Waals surface area contributed by atoms with Gasteiger partial charge in [0, 0.05) is 18.5 Å². The fourth-order valence-electron chi connectivity index (χ4n) is 2.63. The second kappa shape index (κ2) is 6.40. The molecule has 0 aliphatic carbocycles. The van der Waals surface area contributed by atoms with Gasteiger partial charge in [0.25, 0.3) is 0 Å². The minimum Gasteiger partial charge on any atom is -0.491 e. The Balaban J connectivity index is 1.82. The zero-order valence-corrected chi connectivity index (χ0v) is 12.2. The van der Waals surface area contributed by atoms with Gasteiger partial charge < -0.3 is 14.7 Å². The Bertz CT molecular complexity index is 405. The number of benzene rings is 1.